The van der Waals surface area contributed by atoms with Crippen LogP contribution in [0.1, 0.15) is 43.7 Å². The molecule has 256 valence electrons. The number of aromatic nitrogens is 3. The van der Waals surface area contributed by atoms with Gasteiger partial charge >= 0.3 is 5.97 Å². The third-order valence-electron chi connectivity index (χ3n) is 9.94. The van der Waals surface area contributed by atoms with Crippen LogP contribution in [0.3, 0.4) is 0 Å². The van der Waals surface area contributed by atoms with E-state index >= 15 is 0 Å². The number of cyclic esters (lactones) is 1. The third kappa shape index (κ3) is 6.12. The molecule has 6 atom stereocenters. The molecule has 5 heterocycles. The smallest absolute Gasteiger partial charge is 0.306 e. The summed E-state index contributed by atoms with van der Waals surface area (Å²) < 4.78 is 13.8. The minimum atomic E-state index is -1.35. The van der Waals surface area contributed by atoms with E-state index in [9.17, 15) is 24.3 Å². The van der Waals surface area contributed by atoms with Crippen molar-refractivity contribution in [1.29, 1.82) is 0 Å². The zero-order valence-electron chi connectivity index (χ0n) is 27.1. The van der Waals surface area contributed by atoms with Crippen molar-refractivity contribution in [2.45, 2.75) is 62.6 Å². The first kappa shape index (κ1) is 32.7. The molecule has 0 unspecified atom stereocenters. The highest BCUT2D eigenvalue weighted by molar-refractivity contribution is 6.00. The van der Waals surface area contributed by atoms with Gasteiger partial charge in [0.15, 0.2) is 0 Å². The molecule has 2 aromatic carbocycles. The molecule has 7 rings (SSSR count). The van der Waals surface area contributed by atoms with Crippen LogP contribution in [0.2, 0.25) is 0 Å². The van der Waals surface area contributed by atoms with Crippen LogP contribution in [0.15, 0.2) is 78.9 Å². The third-order valence-corrected chi connectivity index (χ3v) is 9.94. The quantitative estimate of drug-likeness (QED) is 0.209. The van der Waals surface area contributed by atoms with Gasteiger partial charge in [0.05, 0.1) is 29.5 Å². The van der Waals surface area contributed by atoms with Crippen LogP contribution < -0.4 is 5.32 Å². The maximum Gasteiger partial charge on any atom is 0.306 e. The van der Waals surface area contributed by atoms with Crippen molar-refractivity contribution in [1.82, 2.24) is 30.1 Å². The maximum atomic E-state index is 14.9. The van der Waals surface area contributed by atoms with Crippen molar-refractivity contribution in [3.05, 3.63) is 84.5 Å². The Morgan fingerprint density at radius 3 is 2.61 bits per heavy atom. The number of esters is 1. The molecule has 1 aromatic heterocycles. The zero-order valence-corrected chi connectivity index (χ0v) is 27.1. The van der Waals surface area contributed by atoms with Crippen LogP contribution in [-0.4, -0.2) is 97.6 Å². The number of allylic oxidation sites excluding steroid dienone is 1. The predicted molar refractivity (Wildman–Crippen MR) is 176 cm³/mol. The van der Waals surface area contributed by atoms with Crippen LogP contribution in [0.4, 0.5) is 0 Å². The molecule has 0 saturated carbocycles. The Morgan fingerprint density at radius 1 is 0.959 bits per heavy atom. The van der Waals surface area contributed by atoms with Crippen LogP contribution in [0.25, 0.3) is 11.0 Å². The van der Waals surface area contributed by atoms with Gasteiger partial charge in [-0.15, -0.1) is 5.10 Å². The van der Waals surface area contributed by atoms with E-state index in [1.54, 1.807) is 26.6 Å². The van der Waals surface area contributed by atoms with Gasteiger partial charge in [-0.05, 0) is 43.4 Å². The second-order valence-electron chi connectivity index (χ2n) is 13.0. The highest BCUT2D eigenvalue weighted by Gasteiger charge is 2.73. The zero-order chi connectivity index (χ0) is 34.0. The van der Waals surface area contributed by atoms with Gasteiger partial charge in [0.1, 0.15) is 30.4 Å². The predicted octanol–water partition coefficient (Wildman–Crippen LogP) is 2.28. The molecule has 3 amide bonds. The number of ether oxygens (including phenoxy) is 2. The SMILES string of the molecule is O=C1CC/C=C\CN(Cn2nnc3ccccc32)C(=O)[C@@H]2N(CCCCCO)C(=O)[C@H]3[C@H](C(=O)N[C@H](c4ccccc4)CO1)[C@@H]1C=C[C@]23O1. The fourth-order valence-electron chi connectivity index (χ4n) is 7.58. The lowest BCUT2D eigenvalue weighted by Gasteiger charge is -2.35. The van der Waals surface area contributed by atoms with Crippen molar-refractivity contribution >= 4 is 34.7 Å². The van der Waals surface area contributed by atoms with Gasteiger partial charge in [0.25, 0.3) is 5.91 Å². The molecule has 1 spiro atoms. The van der Waals surface area contributed by atoms with Gasteiger partial charge in [-0.1, -0.05) is 72.0 Å². The molecule has 4 aliphatic heterocycles. The normalized spacial score (nSPS) is 29.4. The lowest BCUT2D eigenvalue weighted by atomic mass is 9.74. The van der Waals surface area contributed by atoms with E-state index in [2.05, 4.69) is 15.6 Å². The Balaban J connectivity index is 1.27. The minimum Gasteiger partial charge on any atom is -0.463 e. The lowest BCUT2D eigenvalue weighted by Crippen LogP contribution is -2.56. The van der Waals surface area contributed by atoms with E-state index in [0.717, 1.165) is 11.1 Å². The number of hydrogen-bond donors (Lipinski definition) is 2. The number of benzene rings is 2. The van der Waals surface area contributed by atoms with Gasteiger partial charge in [-0.25, -0.2) is 4.68 Å². The topological polar surface area (TPSA) is 156 Å². The first-order valence-corrected chi connectivity index (χ1v) is 16.9. The molecular weight excluding hydrogens is 628 g/mol. The second-order valence-corrected chi connectivity index (χ2v) is 13.0. The molecule has 0 radical (unpaired) electrons. The average Bonchev–Trinajstić information content (AvgIpc) is 3.87. The second kappa shape index (κ2) is 13.9. The Hall–Kier alpha value is -4.88. The number of nitrogens with zero attached hydrogens (tertiary/aromatic N) is 5. The number of carbonyl (C=O) groups excluding carboxylic acids is 4. The highest BCUT2D eigenvalue weighted by Crippen LogP contribution is 2.55. The molecule has 0 aliphatic carbocycles. The van der Waals surface area contributed by atoms with E-state index in [1.807, 2.05) is 66.7 Å². The summed E-state index contributed by atoms with van der Waals surface area (Å²) >= 11 is 0. The maximum absolute atomic E-state index is 14.9. The monoisotopic (exact) mass is 668 g/mol. The first-order chi connectivity index (χ1) is 23.9. The fraction of sp³-hybridized carbons (Fsp3) is 0.444. The largest absolute Gasteiger partial charge is 0.463 e. The molecular formula is C36H40N6O7. The Labute approximate surface area is 283 Å². The Bertz CT molecular complexity index is 1780. The van der Waals surface area contributed by atoms with Gasteiger partial charge in [-0.2, -0.15) is 0 Å². The standard InChI is InChI=1S/C36H40N6O7/c43-21-11-3-10-20-41-32-35(47)40(23-42-27-15-8-7-14-25(27)38-39-42)19-9-2-6-16-29(44)48-22-26(24-12-4-1-5-13-24)37-33(45)30-28-17-18-36(32,49-28)31(30)34(41)46/h1-2,4-5,7-9,12-15,17-18,26,28,30-32,43H,3,6,10-11,16,19-23H2,(H,37,45)/b9-2-/t26-,28-,30+,31+,32-,36+/m0/s1. The number of unbranched alkanes of at least 4 members (excludes halogenated alkanes) is 2. The summed E-state index contributed by atoms with van der Waals surface area (Å²) in [6, 6.07) is 15.0. The van der Waals surface area contributed by atoms with Crippen LogP contribution in [0, 0.1) is 11.8 Å². The van der Waals surface area contributed by atoms with Crippen molar-refractivity contribution < 1.29 is 33.8 Å². The van der Waals surface area contributed by atoms with Crippen LogP contribution in [-0.2, 0) is 35.3 Å². The number of nitrogens with one attached hydrogen (secondary N) is 1. The molecule has 5 bridgehead atoms. The first-order valence-electron chi connectivity index (χ1n) is 16.9. The van der Waals surface area contributed by atoms with E-state index in [1.165, 1.54) is 0 Å². The van der Waals surface area contributed by atoms with E-state index in [-0.39, 0.29) is 51.2 Å². The van der Waals surface area contributed by atoms with Gasteiger partial charge < -0.3 is 29.7 Å². The molecule has 13 nitrogen and oxygen atoms in total. The van der Waals surface area contributed by atoms with E-state index in [0.29, 0.717) is 31.2 Å². The molecule has 2 saturated heterocycles. The number of rotatable bonds is 8. The summed E-state index contributed by atoms with van der Waals surface area (Å²) in [6.45, 7) is 0.433. The van der Waals surface area contributed by atoms with Gasteiger partial charge in [-0.3, -0.25) is 19.2 Å². The number of hydrogen-bond acceptors (Lipinski definition) is 9. The molecule has 4 aliphatic rings. The average molecular weight is 669 g/mol. The number of likely N-dealkylation sites (tertiary alicyclic amines) is 1. The van der Waals surface area contributed by atoms with Crippen molar-refractivity contribution in [3.63, 3.8) is 0 Å². The Morgan fingerprint density at radius 2 is 1.78 bits per heavy atom. The summed E-state index contributed by atoms with van der Waals surface area (Å²) in [5, 5.41) is 21.0. The number of amides is 3. The summed E-state index contributed by atoms with van der Waals surface area (Å²) in [7, 11) is 0. The summed E-state index contributed by atoms with van der Waals surface area (Å²) in [4.78, 5) is 59.5. The molecule has 2 fully saturated rings. The Kier molecular flexibility index (Phi) is 9.28. The molecule has 3 aromatic rings. The van der Waals surface area contributed by atoms with Crippen LogP contribution in [0.5, 0.6) is 0 Å². The highest BCUT2D eigenvalue weighted by atomic mass is 16.5. The molecule has 2 N–H and O–H groups in total. The van der Waals surface area contributed by atoms with Crippen molar-refractivity contribution in [2.24, 2.45) is 11.8 Å². The van der Waals surface area contributed by atoms with E-state index in [4.69, 9.17) is 9.47 Å². The molecule has 13 heteroatoms. The summed E-state index contributed by atoms with van der Waals surface area (Å²) in [5.74, 6) is -3.33. The van der Waals surface area contributed by atoms with Crippen molar-refractivity contribution in [2.75, 3.05) is 26.3 Å². The van der Waals surface area contributed by atoms with Gasteiger partial charge in [0, 0.05) is 26.1 Å². The number of aliphatic hydroxyl groups excluding tert-OH is 1. The number of para-hydroxylation sites is 1. The fourth-order valence-corrected chi connectivity index (χ4v) is 7.58. The van der Waals surface area contributed by atoms with E-state index < -0.39 is 47.5 Å². The number of fused-ring (bicyclic) bond motifs is 3. The minimum absolute atomic E-state index is 0.0303. The van der Waals surface area contributed by atoms with Gasteiger partial charge in [0.2, 0.25) is 11.8 Å². The number of aliphatic hydroxyl groups is 1. The summed E-state index contributed by atoms with van der Waals surface area (Å²) in [5.41, 5.74) is 0.821. The van der Waals surface area contributed by atoms with Crippen LogP contribution >= 0.6 is 0 Å². The lowest BCUT2D eigenvalue weighted by molar-refractivity contribution is -0.148. The summed E-state index contributed by atoms with van der Waals surface area (Å²) in [6.07, 6.45) is 8.82. The number of carbonyl (C=O) groups is 4. The molecule has 49 heavy (non-hydrogen) atoms. The van der Waals surface area contributed by atoms with Crippen molar-refractivity contribution in [3.8, 4) is 0 Å².